The van der Waals surface area contributed by atoms with Gasteiger partial charge in [-0.15, -0.1) is 0 Å². The summed E-state index contributed by atoms with van der Waals surface area (Å²) in [7, 11) is 0. The molecule has 1 aromatic heterocycles. The average molecular weight is 261 g/mol. The third-order valence-electron chi connectivity index (χ3n) is 3.40. The number of rotatable bonds is 3. The van der Waals surface area contributed by atoms with E-state index >= 15 is 0 Å². The summed E-state index contributed by atoms with van der Waals surface area (Å²) < 4.78 is 0. The van der Waals surface area contributed by atoms with E-state index in [2.05, 4.69) is 35.3 Å². The first-order valence-corrected chi connectivity index (χ1v) is 6.65. The van der Waals surface area contributed by atoms with E-state index in [-0.39, 0.29) is 5.78 Å². The second-order valence-electron chi connectivity index (χ2n) is 4.98. The molecule has 1 heterocycles. The van der Waals surface area contributed by atoms with Crippen LogP contribution in [0.25, 0.3) is 21.9 Å². The Morgan fingerprint density at radius 3 is 2.60 bits per heavy atom. The van der Waals surface area contributed by atoms with Gasteiger partial charge in [-0.25, -0.2) is 0 Å². The van der Waals surface area contributed by atoms with Gasteiger partial charge in [0.25, 0.3) is 0 Å². The highest BCUT2D eigenvalue weighted by molar-refractivity contribution is 5.96. The number of Topliss-reactive ketones (excluding diaryl/α,β-unsaturated/α-hetero) is 1. The standard InChI is InChI=1S/C18H15NO/c1-13(20)11-14-5-7-16(8-6-14)17-4-2-3-15-9-10-19-12-18(15)17/h2-10,12H,11H2,1H3. The number of benzene rings is 2. The summed E-state index contributed by atoms with van der Waals surface area (Å²) in [6, 6.07) is 16.4. The molecule has 20 heavy (non-hydrogen) atoms. The Bertz CT molecular complexity index is 754. The van der Waals surface area contributed by atoms with Crippen LogP contribution in [0.1, 0.15) is 12.5 Å². The van der Waals surface area contributed by atoms with Crippen molar-refractivity contribution in [2.24, 2.45) is 0 Å². The van der Waals surface area contributed by atoms with Crippen molar-refractivity contribution in [2.45, 2.75) is 13.3 Å². The molecule has 0 atom stereocenters. The van der Waals surface area contributed by atoms with Gasteiger partial charge in [0.1, 0.15) is 5.78 Å². The third-order valence-corrected chi connectivity index (χ3v) is 3.40. The van der Waals surface area contributed by atoms with E-state index in [0.29, 0.717) is 6.42 Å². The number of ketones is 1. The fourth-order valence-corrected chi connectivity index (χ4v) is 2.45. The van der Waals surface area contributed by atoms with Gasteiger partial charge in [0.2, 0.25) is 0 Å². The summed E-state index contributed by atoms with van der Waals surface area (Å²) in [5.74, 6) is 0.187. The summed E-state index contributed by atoms with van der Waals surface area (Å²) in [6.45, 7) is 1.62. The van der Waals surface area contributed by atoms with E-state index in [1.165, 1.54) is 10.9 Å². The lowest BCUT2D eigenvalue weighted by Crippen LogP contribution is -1.95. The maximum Gasteiger partial charge on any atom is 0.134 e. The number of carbonyl (C=O) groups excluding carboxylic acids is 1. The van der Waals surface area contributed by atoms with Crippen LogP contribution < -0.4 is 0 Å². The number of hydrogen-bond donors (Lipinski definition) is 0. The normalized spacial score (nSPS) is 10.7. The van der Waals surface area contributed by atoms with Gasteiger partial charge in [0.15, 0.2) is 0 Å². The highest BCUT2D eigenvalue weighted by Crippen LogP contribution is 2.28. The highest BCUT2D eigenvalue weighted by atomic mass is 16.1. The molecule has 0 saturated heterocycles. The number of nitrogens with zero attached hydrogens (tertiary/aromatic N) is 1. The van der Waals surface area contributed by atoms with Gasteiger partial charge in [-0.05, 0) is 35.1 Å². The van der Waals surface area contributed by atoms with Gasteiger partial charge in [-0.2, -0.15) is 0 Å². The largest absolute Gasteiger partial charge is 0.300 e. The van der Waals surface area contributed by atoms with E-state index in [0.717, 1.165) is 16.5 Å². The minimum atomic E-state index is 0.187. The molecule has 0 fully saturated rings. The average Bonchev–Trinajstić information content (AvgIpc) is 2.47. The topological polar surface area (TPSA) is 30.0 Å². The van der Waals surface area contributed by atoms with Crippen LogP contribution in [0, 0.1) is 0 Å². The van der Waals surface area contributed by atoms with E-state index < -0.39 is 0 Å². The Balaban J connectivity index is 2.05. The van der Waals surface area contributed by atoms with Crippen LogP contribution in [0.15, 0.2) is 60.9 Å². The lowest BCUT2D eigenvalue weighted by atomic mass is 9.98. The molecular formula is C18H15NO. The quantitative estimate of drug-likeness (QED) is 0.712. The zero-order valence-electron chi connectivity index (χ0n) is 11.3. The minimum Gasteiger partial charge on any atom is -0.300 e. The highest BCUT2D eigenvalue weighted by Gasteiger charge is 2.04. The van der Waals surface area contributed by atoms with E-state index in [1.54, 1.807) is 6.92 Å². The molecule has 3 aromatic rings. The predicted molar refractivity (Wildman–Crippen MR) is 81.6 cm³/mol. The summed E-state index contributed by atoms with van der Waals surface area (Å²) in [5, 5.41) is 2.33. The lowest BCUT2D eigenvalue weighted by Gasteiger charge is -2.07. The van der Waals surface area contributed by atoms with Crippen LogP contribution in [0.2, 0.25) is 0 Å². The smallest absolute Gasteiger partial charge is 0.134 e. The third kappa shape index (κ3) is 2.45. The molecule has 0 spiro atoms. The molecule has 0 aliphatic heterocycles. The molecule has 0 unspecified atom stereocenters. The fraction of sp³-hybridized carbons (Fsp3) is 0.111. The zero-order chi connectivity index (χ0) is 13.9. The van der Waals surface area contributed by atoms with Crippen LogP contribution in [0.4, 0.5) is 0 Å². The van der Waals surface area contributed by atoms with Gasteiger partial charge >= 0.3 is 0 Å². The van der Waals surface area contributed by atoms with Gasteiger partial charge in [-0.3, -0.25) is 9.78 Å². The fourth-order valence-electron chi connectivity index (χ4n) is 2.45. The molecule has 0 N–H and O–H groups in total. The molecule has 0 bridgehead atoms. The Hall–Kier alpha value is -2.48. The van der Waals surface area contributed by atoms with Crippen molar-refractivity contribution < 1.29 is 4.79 Å². The molecule has 98 valence electrons. The van der Waals surface area contributed by atoms with Crippen LogP contribution in [0.3, 0.4) is 0 Å². The van der Waals surface area contributed by atoms with Crippen LogP contribution in [-0.2, 0) is 11.2 Å². The minimum absolute atomic E-state index is 0.187. The molecule has 2 nitrogen and oxygen atoms in total. The van der Waals surface area contributed by atoms with Crippen LogP contribution in [0.5, 0.6) is 0 Å². The number of pyridine rings is 1. The molecule has 3 rings (SSSR count). The zero-order valence-corrected chi connectivity index (χ0v) is 11.3. The second kappa shape index (κ2) is 5.25. The molecule has 2 heteroatoms. The Kier molecular flexibility index (Phi) is 3.30. The van der Waals surface area contributed by atoms with Crippen molar-refractivity contribution in [1.82, 2.24) is 4.98 Å². The summed E-state index contributed by atoms with van der Waals surface area (Å²) >= 11 is 0. The number of aromatic nitrogens is 1. The first kappa shape index (κ1) is 12.5. The molecular weight excluding hydrogens is 246 g/mol. The van der Waals surface area contributed by atoms with Crippen molar-refractivity contribution in [3.63, 3.8) is 0 Å². The van der Waals surface area contributed by atoms with E-state index in [9.17, 15) is 4.79 Å². The van der Waals surface area contributed by atoms with Gasteiger partial charge in [0.05, 0.1) is 0 Å². The summed E-state index contributed by atoms with van der Waals surface area (Å²) in [5.41, 5.74) is 3.38. The van der Waals surface area contributed by atoms with E-state index in [1.807, 2.05) is 30.6 Å². The van der Waals surface area contributed by atoms with E-state index in [4.69, 9.17) is 0 Å². The predicted octanol–water partition coefficient (Wildman–Crippen LogP) is 4.03. The SMILES string of the molecule is CC(=O)Cc1ccc(-c2cccc3ccncc23)cc1. The molecule has 0 saturated carbocycles. The van der Waals surface area contributed by atoms with Crippen molar-refractivity contribution in [3.05, 3.63) is 66.5 Å². The van der Waals surface area contributed by atoms with Crippen LogP contribution >= 0.6 is 0 Å². The van der Waals surface area contributed by atoms with Gasteiger partial charge in [0, 0.05) is 24.2 Å². The molecule has 0 aliphatic carbocycles. The monoisotopic (exact) mass is 261 g/mol. The maximum atomic E-state index is 11.1. The Morgan fingerprint density at radius 1 is 1.05 bits per heavy atom. The first-order chi connectivity index (χ1) is 9.74. The number of hydrogen-bond acceptors (Lipinski definition) is 2. The van der Waals surface area contributed by atoms with Crippen molar-refractivity contribution in [1.29, 1.82) is 0 Å². The number of fused-ring (bicyclic) bond motifs is 1. The van der Waals surface area contributed by atoms with Crippen LogP contribution in [-0.4, -0.2) is 10.8 Å². The second-order valence-corrected chi connectivity index (χ2v) is 4.98. The lowest BCUT2D eigenvalue weighted by molar-refractivity contribution is -0.116. The summed E-state index contributed by atoms with van der Waals surface area (Å²) in [6.07, 6.45) is 4.20. The Labute approximate surface area is 118 Å². The van der Waals surface area contributed by atoms with Crippen molar-refractivity contribution in [2.75, 3.05) is 0 Å². The molecule has 0 radical (unpaired) electrons. The van der Waals surface area contributed by atoms with Crippen molar-refractivity contribution in [3.8, 4) is 11.1 Å². The molecule has 2 aromatic carbocycles. The summed E-state index contributed by atoms with van der Waals surface area (Å²) in [4.78, 5) is 15.3. The van der Waals surface area contributed by atoms with Gasteiger partial charge in [-0.1, -0.05) is 42.5 Å². The molecule has 0 amide bonds. The first-order valence-electron chi connectivity index (χ1n) is 6.65. The molecule has 0 aliphatic rings. The Morgan fingerprint density at radius 2 is 1.85 bits per heavy atom. The van der Waals surface area contributed by atoms with Gasteiger partial charge < -0.3 is 0 Å². The maximum absolute atomic E-state index is 11.1. The number of carbonyl (C=O) groups is 1. The van der Waals surface area contributed by atoms with Crippen molar-refractivity contribution >= 4 is 16.6 Å².